The minimum Gasteiger partial charge on any atom is -0.392 e. The molecule has 0 spiro atoms. The van der Waals surface area contributed by atoms with Crippen molar-refractivity contribution in [2.75, 3.05) is 26.8 Å². The van der Waals surface area contributed by atoms with Crippen molar-refractivity contribution >= 4 is 21.6 Å². The van der Waals surface area contributed by atoms with Gasteiger partial charge < -0.3 is 9.84 Å². The number of aliphatic hydroxyl groups excluding tert-OH is 1. The van der Waals surface area contributed by atoms with Crippen molar-refractivity contribution in [1.29, 1.82) is 0 Å². The zero-order valence-corrected chi connectivity index (χ0v) is 13.5. The van der Waals surface area contributed by atoms with Crippen LogP contribution in [0, 0.1) is 5.92 Å². The second-order valence-corrected chi connectivity index (χ2v) is 7.71. The van der Waals surface area contributed by atoms with Gasteiger partial charge in [-0.1, -0.05) is 17.7 Å². The Labute approximate surface area is 130 Å². The van der Waals surface area contributed by atoms with Crippen molar-refractivity contribution in [1.82, 2.24) is 4.31 Å². The molecule has 7 heteroatoms. The molecule has 1 unspecified atom stereocenters. The predicted octanol–water partition coefficient (Wildman–Crippen LogP) is 1.88. The number of nitrogens with zero attached hydrogens (tertiary/aromatic N) is 1. The Morgan fingerprint density at radius 2 is 2.24 bits per heavy atom. The summed E-state index contributed by atoms with van der Waals surface area (Å²) in [5.74, 6) is 0.207. The summed E-state index contributed by atoms with van der Waals surface area (Å²) in [5.41, 5.74) is 0.521. The second kappa shape index (κ2) is 7.07. The summed E-state index contributed by atoms with van der Waals surface area (Å²) >= 11 is 6.01. The molecule has 0 saturated carbocycles. The maximum Gasteiger partial charge on any atom is 0.244 e. The van der Waals surface area contributed by atoms with Gasteiger partial charge in [0.05, 0.1) is 18.2 Å². The monoisotopic (exact) mass is 333 g/mol. The maximum absolute atomic E-state index is 12.6. The molecule has 118 valence electrons. The minimum atomic E-state index is -3.67. The lowest BCUT2D eigenvalue weighted by molar-refractivity contribution is 0.0495. The van der Waals surface area contributed by atoms with Crippen LogP contribution in [-0.4, -0.2) is 44.6 Å². The van der Waals surface area contributed by atoms with Gasteiger partial charge in [0, 0.05) is 20.2 Å². The fourth-order valence-corrected chi connectivity index (χ4v) is 4.19. The van der Waals surface area contributed by atoms with Gasteiger partial charge in [0.1, 0.15) is 4.90 Å². The van der Waals surface area contributed by atoms with E-state index in [1.54, 1.807) is 13.1 Å². The third-order valence-electron chi connectivity index (χ3n) is 3.64. The van der Waals surface area contributed by atoms with Gasteiger partial charge in [0.25, 0.3) is 0 Å². The number of aliphatic hydroxyl groups is 1. The molecule has 1 heterocycles. The van der Waals surface area contributed by atoms with Gasteiger partial charge in [-0.25, -0.2) is 12.7 Å². The van der Waals surface area contributed by atoms with Crippen molar-refractivity contribution in [2.45, 2.75) is 24.3 Å². The third kappa shape index (κ3) is 3.96. The van der Waals surface area contributed by atoms with Crippen LogP contribution >= 0.6 is 11.6 Å². The van der Waals surface area contributed by atoms with E-state index in [0.29, 0.717) is 18.7 Å². The molecular formula is C14H20ClNO4S. The van der Waals surface area contributed by atoms with E-state index in [-0.39, 0.29) is 22.4 Å². The Bertz CT molecular complexity index is 585. The second-order valence-electron chi connectivity index (χ2n) is 5.29. The molecule has 1 fully saturated rings. The number of rotatable bonds is 5. The normalized spacial score (nSPS) is 19.9. The first kappa shape index (κ1) is 16.7. The fraction of sp³-hybridized carbons (Fsp3) is 0.571. The summed E-state index contributed by atoms with van der Waals surface area (Å²) in [6.07, 6.45) is 1.92. The van der Waals surface area contributed by atoms with Gasteiger partial charge in [-0.15, -0.1) is 0 Å². The van der Waals surface area contributed by atoms with Crippen molar-refractivity contribution in [2.24, 2.45) is 5.92 Å². The van der Waals surface area contributed by atoms with Gasteiger partial charge in [0.2, 0.25) is 10.0 Å². The Morgan fingerprint density at radius 3 is 2.86 bits per heavy atom. The summed E-state index contributed by atoms with van der Waals surface area (Å²) in [6, 6.07) is 4.53. The summed E-state index contributed by atoms with van der Waals surface area (Å²) in [4.78, 5) is 0.0370. The van der Waals surface area contributed by atoms with Crippen molar-refractivity contribution < 1.29 is 18.3 Å². The van der Waals surface area contributed by atoms with Gasteiger partial charge in [-0.05, 0) is 36.5 Å². The standard InChI is InChI=1S/C14H20ClNO4S/c1-16(8-12-3-2-6-20-10-12)21(18,19)14-7-11(9-17)4-5-13(14)15/h4-5,7,12,17H,2-3,6,8-10H2,1H3. The largest absolute Gasteiger partial charge is 0.392 e. The highest BCUT2D eigenvalue weighted by molar-refractivity contribution is 7.89. The third-order valence-corrected chi connectivity index (χ3v) is 5.94. The lowest BCUT2D eigenvalue weighted by atomic mass is 10.0. The summed E-state index contributed by atoms with van der Waals surface area (Å²) < 4.78 is 31.9. The first-order chi connectivity index (χ1) is 9.95. The molecule has 0 aliphatic carbocycles. The van der Waals surface area contributed by atoms with Crippen molar-refractivity contribution in [3.05, 3.63) is 28.8 Å². The van der Waals surface area contributed by atoms with Crippen LogP contribution in [0.2, 0.25) is 5.02 Å². The van der Waals surface area contributed by atoms with Gasteiger partial charge >= 0.3 is 0 Å². The lowest BCUT2D eigenvalue weighted by Crippen LogP contribution is -2.35. The zero-order valence-electron chi connectivity index (χ0n) is 12.0. The fourth-order valence-electron chi connectivity index (χ4n) is 2.42. The molecule has 0 amide bonds. The van der Waals surface area contributed by atoms with Gasteiger partial charge in [0.15, 0.2) is 0 Å². The zero-order chi connectivity index (χ0) is 15.5. The highest BCUT2D eigenvalue weighted by atomic mass is 35.5. The van der Waals surface area contributed by atoms with Crippen LogP contribution in [0.1, 0.15) is 18.4 Å². The highest BCUT2D eigenvalue weighted by Crippen LogP contribution is 2.26. The van der Waals surface area contributed by atoms with Crippen molar-refractivity contribution in [3.63, 3.8) is 0 Å². The molecule has 0 bridgehead atoms. The van der Waals surface area contributed by atoms with E-state index >= 15 is 0 Å². The Kier molecular flexibility index (Phi) is 5.62. The average Bonchev–Trinajstić information content (AvgIpc) is 2.48. The maximum atomic E-state index is 12.6. The van der Waals surface area contributed by atoms with E-state index in [0.717, 1.165) is 19.4 Å². The number of halogens is 1. The number of ether oxygens (including phenoxy) is 1. The number of benzene rings is 1. The SMILES string of the molecule is CN(CC1CCCOC1)S(=O)(=O)c1cc(CO)ccc1Cl. The van der Waals surface area contributed by atoms with E-state index in [4.69, 9.17) is 21.4 Å². The predicted molar refractivity (Wildman–Crippen MR) is 80.7 cm³/mol. The van der Waals surface area contributed by atoms with E-state index in [2.05, 4.69) is 0 Å². The molecule has 1 aromatic carbocycles. The molecule has 1 atom stereocenters. The molecule has 1 N–H and O–H groups in total. The minimum absolute atomic E-state index is 0.0370. The topological polar surface area (TPSA) is 66.8 Å². The molecule has 1 aromatic rings. The molecule has 5 nitrogen and oxygen atoms in total. The van der Waals surface area contributed by atoms with Crippen LogP contribution in [0.4, 0.5) is 0 Å². The molecule has 2 rings (SSSR count). The highest BCUT2D eigenvalue weighted by Gasteiger charge is 2.27. The smallest absolute Gasteiger partial charge is 0.244 e. The number of sulfonamides is 1. The van der Waals surface area contributed by atoms with Crippen LogP contribution in [0.3, 0.4) is 0 Å². The quantitative estimate of drug-likeness (QED) is 0.893. The summed E-state index contributed by atoms with van der Waals surface area (Å²) in [7, 11) is -2.12. The molecule has 1 aliphatic rings. The van der Waals surface area contributed by atoms with Crippen LogP contribution in [0.5, 0.6) is 0 Å². The summed E-state index contributed by atoms with van der Waals surface area (Å²) in [5, 5.41) is 9.32. The summed E-state index contributed by atoms with van der Waals surface area (Å²) in [6.45, 7) is 1.52. The molecule has 1 aliphatic heterocycles. The van der Waals surface area contributed by atoms with Crippen molar-refractivity contribution in [3.8, 4) is 0 Å². The Balaban J connectivity index is 2.20. The lowest BCUT2D eigenvalue weighted by Gasteiger charge is -2.27. The van der Waals surface area contributed by atoms with Gasteiger partial charge in [-0.2, -0.15) is 0 Å². The van der Waals surface area contributed by atoms with E-state index in [1.165, 1.54) is 16.4 Å². The molecule has 21 heavy (non-hydrogen) atoms. The number of hydrogen-bond acceptors (Lipinski definition) is 4. The molecular weight excluding hydrogens is 314 g/mol. The van der Waals surface area contributed by atoms with E-state index < -0.39 is 10.0 Å². The van der Waals surface area contributed by atoms with Crippen LogP contribution < -0.4 is 0 Å². The molecule has 1 saturated heterocycles. The van der Waals surface area contributed by atoms with Crippen LogP contribution in [0.15, 0.2) is 23.1 Å². The molecule has 0 aromatic heterocycles. The Morgan fingerprint density at radius 1 is 1.48 bits per heavy atom. The molecule has 0 radical (unpaired) electrons. The van der Waals surface area contributed by atoms with E-state index in [9.17, 15) is 8.42 Å². The number of hydrogen-bond donors (Lipinski definition) is 1. The average molecular weight is 334 g/mol. The first-order valence-electron chi connectivity index (χ1n) is 6.88. The van der Waals surface area contributed by atoms with Gasteiger partial charge in [-0.3, -0.25) is 0 Å². The van der Waals surface area contributed by atoms with Crippen LogP contribution in [-0.2, 0) is 21.4 Å². The van der Waals surface area contributed by atoms with Crippen LogP contribution in [0.25, 0.3) is 0 Å². The first-order valence-corrected chi connectivity index (χ1v) is 8.70. The Hall–Kier alpha value is -0.660. The van der Waals surface area contributed by atoms with E-state index in [1.807, 2.05) is 0 Å².